The summed E-state index contributed by atoms with van der Waals surface area (Å²) in [5, 5.41) is 12.3. The molecule has 4 rings (SSSR count). The van der Waals surface area contributed by atoms with Gasteiger partial charge < -0.3 is 15.8 Å². The van der Waals surface area contributed by atoms with Gasteiger partial charge in [-0.15, -0.1) is 10.8 Å². The van der Waals surface area contributed by atoms with Gasteiger partial charge in [-0.3, -0.25) is 13.9 Å². The number of amides is 1. The Morgan fingerprint density at radius 1 is 1.25 bits per heavy atom. The molecule has 2 aliphatic heterocycles. The zero-order chi connectivity index (χ0) is 22.9. The van der Waals surface area contributed by atoms with Crippen LogP contribution in [0.15, 0.2) is 47.4 Å². The van der Waals surface area contributed by atoms with E-state index in [1.165, 1.54) is 0 Å². The summed E-state index contributed by atoms with van der Waals surface area (Å²) in [6.45, 7) is 1.38. The third kappa shape index (κ3) is 4.38. The fraction of sp³-hybridized carbons (Fsp3) is 0.391. The van der Waals surface area contributed by atoms with E-state index in [4.69, 9.17) is 10.5 Å². The molecule has 2 aromatic rings. The zero-order valence-corrected chi connectivity index (χ0v) is 18.8. The third-order valence-corrected chi connectivity index (χ3v) is 8.20. The van der Waals surface area contributed by atoms with Crippen LogP contribution in [-0.4, -0.2) is 51.2 Å². The van der Waals surface area contributed by atoms with Crippen molar-refractivity contribution >= 4 is 16.7 Å². The van der Waals surface area contributed by atoms with E-state index >= 15 is 0 Å². The number of fused-ring (bicyclic) bond motifs is 1. The Morgan fingerprint density at radius 2 is 1.91 bits per heavy atom. The summed E-state index contributed by atoms with van der Waals surface area (Å²) in [4.78, 5) is 13.2. The molecular weight excluding hydrogens is 428 g/mol. The first kappa shape index (κ1) is 22.7. The van der Waals surface area contributed by atoms with Crippen molar-refractivity contribution in [2.45, 2.75) is 42.3 Å². The van der Waals surface area contributed by atoms with Crippen LogP contribution in [0.5, 0.6) is 0 Å². The second-order valence-electron chi connectivity index (χ2n) is 8.45. The summed E-state index contributed by atoms with van der Waals surface area (Å²) in [6, 6.07) is 14.9. The smallest absolute Gasteiger partial charge is 0.241 e. The fourth-order valence-electron chi connectivity index (χ4n) is 4.11. The number of hydrogen-bond donors (Lipinski definition) is 4. The molecule has 0 aliphatic carbocycles. The molecule has 1 amide bonds. The quantitative estimate of drug-likeness (QED) is 0.544. The summed E-state index contributed by atoms with van der Waals surface area (Å²) < 4.78 is 27.4. The van der Waals surface area contributed by atoms with Gasteiger partial charge in [-0.1, -0.05) is 30.3 Å². The molecule has 9 heteroatoms. The minimum Gasteiger partial charge on any atom is -0.381 e. The Morgan fingerprint density at radius 3 is 2.56 bits per heavy atom. The molecule has 0 bridgehead atoms. The molecule has 1 saturated heterocycles. The van der Waals surface area contributed by atoms with Gasteiger partial charge >= 0.3 is 0 Å². The molecule has 2 heterocycles. The van der Waals surface area contributed by atoms with Gasteiger partial charge in [0.15, 0.2) is 0 Å². The van der Waals surface area contributed by atoms with E-state index in [1.807, 2.05) is 36.4 Å². The molecule has 0 aromatic heterocycles. The highest BCUT2D eigenvalue weighted by atomic mass is 32.3. The monoisotopic (exact) mass is 456 g/mol. The first-order valence-electron chi connectivity index (χ1n) is 10.5. The molecule has 8 nitrogen and oxygen atoms in total. The van der Waals surface area contributed by atoms with Crippen molar-refractivity contribution < 1.29 is 18.6 Å². The number of nitrogens with two attached hydrogens (primary N) is 1. The van der Waals surface area contributed by atoms with Gasteiger partial charge in [-0.2, -0.15) is 5.26 Å². The summed E-state index contributed by atoms with van der Waals surface area (Å²) in [5.41, 5.74) is 9.03. The maximum atomic E-state index is 12.6. The van der Waals surface area contributed by atoms with E-state index in [2.05, 4.69) is 11.4 Å². The van der Waals surface area contributed by atoms with E-state index in [9.17, 15) is 19.2 Å². The van der Waals surface area contributed by atoms with Crippen molar-refractivity contribution in [1.82, 2.24) is 9.62 Å². The van der Waals surface area contributed by atoms with Crippen molar-refractivity contribution in [2.24, 2.45) is 5.73 Å². The summed E-state index contributed by atoms with van der Waals surface area (Å²) >= 11 is 0. The van der Waals surface area contributed by atoms with Crippen molar-refractivity contribution in [3.05, 3.63) is 53.6 Å². The summed E-state index contributed by atoms with van der Waals surface area (Å²) in [5.74, 6) is -0.307. The zero-order valence-electron chi connectivity index (χ0n) is 18.0. The van der Waals surface area contributed by atoms with Gasteiger partial charge in [-0.05, 0) is 47.2 Å². The second kappa shape index (κ2) is 8.83. The largest absolute Gasteiger partial charge is 0.381 e. The lowest BCUT2D eigenvalue weighted by atomic mass is 9.90. The van der Waals surface area contributed by atoms with Crippen LogP contribution >= 0.6 is 10.8 Å². The van der Waals surface area contributed by atoms with Gasteiger partial charge in [0.2, 0.25) is 5.91 Å². The van der Waals surface area contributed by atoms with Gasteiger partial charge in [-0.25, -0.2) is 4.31 Å². The Balaban J connectivity index is 1.43. The molecule has 1 fully saturated rings. The van der Waals surface area contributed by atoms with Crippen LogP contribution in [0.2, 0.25) is 0 Å². The van der Waals surface area contributed by atoms with E-state index in [1.54, 1.807) is 17.4 Å². The van der Waals surface area contributed by atoms with Crippen LogP contribution < -0.4 is 11.1 Å². The van der Waals surface area contributed by atoms with Crippen molar-refractivity contribution in [1.29, 1.82) is 5.26 Å². The molecule has 2 aromatic carbocycles. The molecule has 0 spiro atoms. The van der Waals surface area contributed by atoms with Crippen LogP contribution in [0.1, 0.15) is 24.0 Å². The van der Waals surface area contributed by atoms with Gasteiger partial charge in [0, 0.05) is 33.2 Å². The standard InChI is InChI=1S/C23H28N4O4S/c1-27-15-19-13-18(6-7-21(19)32(27,29)30)17-4-2-16(3-5-17)12-20(14-24)26-22(28)23(25)8-10-31-11-9-23/h2-7,13,20,29-30H,8-12,15,25H2,1H3,(H,26,28). The Hall–Kier alpha value is -2.45. The van der Waals surface area contributed by atoms with Crippen molar-refractivity contribution in [3.8, 4) is 17.2 Å². The fourth-order valence-corrected chi connectivity index (χ4v) is 5.49. The minimum atomic E-state index is -2.88. The lowest BCUT2D eigenvalue weighted by Gasteiger charge is -2.34. The minimum absolute atomic E-state index is 0.307. The Labute approximate surface area is 189 Å². The number of nitrogens with one attached hydrogen (secondary N) is 1. The second-order valence-corrected chi connectivity index (χ2v) is 10.6. The number of rotatable bonds is 5. The van der Waals surface area contributed by atoms with Crippen molar-refractivity contribution in [2.75, 3.05) is 20.3 Å². The number of nitrogens with zero attached hydrogens (tertiary/aromatic N) is 2. The molecule has 1 unspecified atom stereocenters. The van der Waals surface area contributed by atoms with E-state index in [0.29, 0.717) is 43.9 Å². The molecule has 0 saturated carbocycles. The Bertz CT molecular complexity index is 1040. The van der Waals surface area contributed by atoms with Gasteiger partial charge in [0.05, 0.1) is 16.5 Å². The van der Waals surface area contributed by atoms with Gasteiger partial charge in [0.1, 0.15) is 6.04 Å². The number of nitriles is 1. The summed E-state index contributed by atoms with van der Waals surface area (Å²) in [7, 11) is -1.18. The third-order valence-electron chi connectivity index (χ3n) is 6.21. The number of benzene rings is 2. The summed E-state index contributed by atoms with van der Waals surface area (Å²) in [6.07, 6.45) is 1.26. The van der Waals surface area contributed by atoms with Crippen LogP contribution in [0.4, 0.5) is 0 Å². The highest BCUT2D eigenvalue weighted by molar-refractivity contribution is 8.22. The molecule has 32 heavy (non-hydrogen) atoms. The van der Waals surface area contributed by atoms with Crippen molar-refractivity contribution in [3.63, 3.8) is 0 Å². The normalized spacial score (nSPS) is 21.2. The maximum Gasteiger partial charge on any atom is 0.241 e. The molecule has 1 atom stereocenters. The molecular formula is C23H28N4O4S. The van der Waals surface area contributed by atoms with Crippen LogP contribution in [0.25, 0.3) is 11.1 Å². The first-order chi connectivity index (χ1) is 15.2. The van der Waals surface area contributed by atoms with E-state index in [0.717, 1.165) is 22.3 Å². The Kier molecular flexibility index (Phi) is 6.27. The van der Waals surface area contributed by atoms with Crippen LogP contribution in [-0.2, 0) is 22.5 Å². The predicted octanol–water partition coefficient (Wildman–Crippen LogP) is 2.88. The van der Waals surface area contributed by atoms with Crippen LogP contribution in [0.3, 0.4) is 0 Å². The number of carbonyl (C=O) groups is 1. The highest BCUT2D eigenvalue weighted by Gasteiger charge is 2.37. The maximum absolute atomic E-state index is 12.6. The number of ether oxygens (including phenoxy) is 1. The average Bonchev–Trinajstić information content (AvgIpc) is 3.01. The molecule has 170 valence electrons. The lowest BCUT2D eigenvalue weighted by molar-refractivity contribution is -0.130. The number of carbonyl (C=O) groups excluding carboxylic acids is 1. The topological polar surface area (TPSA) is 132 Å². The molecule has 0 radical (unpaired) electrons. The SMILES string of the molecule is CN1Cc2cc(-c3ccc(CC(C#N)NC(=O)C4(N)CCOCC4)cc3)ccc2S1(O)O. The van der Waals surface area contributed by atoms with Crippen LogP contribution in [0, 0.1) is 11.3 Å². The first-order valence-corrected chi connectivity index (χ1v) is 12.0. The number of hydrogen-bond acceptors (Lipinski definition) is 7. The molecule has 5 N–H and O–H groups in total. The van der Waals surface area contributed by atoms with E-state index in [-0.39, 0.29) is 5.91 Å². The van der Waals surface area contributed by atoms with Gasteiger partial charge in [0.25, 0.3) is 0 Å². The van der Waals surface area contributed by atoms with E-state index < -0.39 is 22.4 Å². The highest BCUT2D eigenvalue weighted by Crippen LogP contribution is 2.58. The predicted molar refractivity (Wildman–Crippen MR) is 123 cm³/mol. The lowest BCUT2D eigenvalue weighted by Crippen LogP contribution is -2.58. The molecule has 2 aliphatic rings. The average molecular weight is 457 g/mol.